The van der Waals surface area contributed by atoms with Crippen LogP contribution < -0.4 is 11.3 Å². The molecule has 1 amide bonds. The Morgan fingerprint density at radius 1 is 1.16 bits per heavy atom. The Hall–Kier alpha value is -1.39. The number of nitrogens with one attached hydrogen (secondary N) is 1. The van der Waals surface area contributed by atoms with Crippen molar-refractivity contribution in [3.05, 3.63) is 35.4 Å². The summed E-state index contributed by atoms with van der Waals surface area (Å²) in [6, 6.07) is 7.94. The average molecular weight is 262 g/mol. The summed E-state index contributed by atoms with van der Waals surface area (Å²) in [6.45, 7) is 0.661. The number of carbonyl (C=O) groups excluding carboxylic acids is 1. The SMILES string of the molecule is NNC(=O)Cc1ccc(COC2CCCCC2)cc1. The van der Waals surface area contributed by atoms with Gasteiger partial charge in [-0.25, -0.2) is 5.84 Å². The molecule has 0 bridgehead atoms. The molecule has 1 fully saturated rings. The van der Waals surface area contributed by atoms with Crippen LogP contribution in [0, 0.1) is 0 Å². The van der Waals surface area contributed by atoms with E-state index in [4.69, 9.17) is 10.6 Å². The van der Waals surface area contributed by atoms with Crippen LogP contribution in [0.5, 0.6) is 0 Å². The first-order valence-corrected chi connectivity index (χ1v) is 6.97. The zero-order chi connectivity index (χ0) is 13.5. The first-order valence-electron chi connectivity index (χ1n) is 6.97. The standard InChI is InChI=1S/C15H22N2O2/c16-17-15(18)10-12-6-8-13(9-7-12)11-19-14-4-2-1-3-5-14/h6-9,14H,1-5,10-11,16H2,(H,17,18). The lowest BCUT2D eigenvalue weighted by molar-refractivity contribution is -0.120. The molecule has 1 aromatic carbocycles. The minimum absolute atomic E-state index is 0.175. The quantitative estimate of drug-likeness (QED) is 0.485. The summed E-state index contributed by atoms with van der Waals surface area (Å²) in [7, 11) is 0. The molecule has 0 aliphatic heterocycles. The Morgan fingerprint density at radius 3 is 2.42 bits per heavy atom. The third-order valence-corrected chi connectivity index (χ3v) is 3.59. The van der Waals surface area contributed by atoms with Crippen LogP contribution in [0.3, 0.4) is 0 Å². The molecule has 0 saturated heterocycles. The fourth-order valence-electron chi connectivity index (χ4n) is 2.44. The zero-order valence-electron chi connectivity index (χ0n) is 11.2. The van der Waals surface area contributed by atoms with E-state index in [-0.39, 0.29) is 5.91 Å². The van der Waals surface area contributed by atoms with Crippen LogP contribution in [0.4, 0.5) is 0 Å². The van der Waals surface area contributed by atoms with Crippen molar-refractivity contribution in [1.82, 2.24) is 5.43 Å². The highest BCUT2D eigenvalue weighted by Crippen LogP contribution is 2.21. The lowest BCUT2D eigenvalue weighted by Crippen LogP contribution is -2.31. The van der Waals surface area contributed by atoms with Crippen molar-refractivity contribution in [3.8, 4) is 0 Å². The highest BCUT2D eigenvalue weighted by Gasteiger charge is 2.13. The second kappa shape index (κ2) is 7.26. The molecular weight excluding hydrogens is 240 g/mol. The zero-order valence-corrected chi connectivity index (χ0v) is 11.2. The van der Waals surface area contributed by atoms with Crippen LogP contribution in [0.15, 0.2) is 24.3 Å². The van der Waals surface area contributed by atoms with E-state index >= 15 is 0 Å². The van der Waals surface area contributed by atoms with E-state index in [1.165, 1.54) is 32.1 Å². The number of benzene rings is 1. The van der Waals surface area contributed by atoms with E-state index in [1.807, 2.05) is 24.3 Å². The topological polar surface area (TPSA) is 64.3 Å². The fourth-order valence-corrected chi connectivity index (χ4v) is 2.44. The number of hydrogen-bond acceptors (Lipinski definition) is 3. The summed E-state index contributed by atoms with van der Waals surface area (Å²) < 4.78 is 5.91. The number of rotatable bonds is 5. The molecule has 0 unspecified atom stereocenters. The Morgan fingerprint density at radius 2 is 1.79 bits per heavy atom. The van der Waals surface area contributed by atoms with Gasteiger partial charge < -0.3 is 4.74 Å². The van der Waals surface area contributed by atoms with Crippen molar-refractivity contribution in [2.75, 3.05) is 0 Å². The predicted molar refractivity (Wildman–Crippen MR) is 74.1 cm³/mol. The number of hydrazine groups is 1. The van der Waals surface area contributed by atoms with Gasteiger partial charge >= 0.3 is 0 Å². The third kappa shape index (κ3) is 4.65. The molecule has 1 aromatic rings. The third-order valence-electron chi connectivity index (χ3n) is 3.59. The van der Waals surface area contributed by atoms with Crippen molar-refractivity contribution >= 4 is 5.91 Å². The number of hydrogen-bond donors (Lipinski definition) is 2. The monoisotopic (exact) mass is 262 g/mol. The van der Waals surface area contributed by atoms with Gasteiger partial charge in [0.25, 0.3) is 0 Å². The van der Waals surface area contributed by atoms with Gasteiger partial charge in [0, 0.05) is 0 Å². The van der Waals surface area contributed by atoms with Gasteiger partial charge in [0.15, 0.2) is 0 Å². The molecule has 2 rings (SSSR count). The average Bonchev–Trinajstić information content (AvgIpc) is 2.47. The second-order valence-corrected chi connectivity index (χ2v) is 5.13. The van der Waals surface area contributed by atoms with E-state index in [0.29, 0.717) is 19.1 Å². The molecule has 4 heteroatoms. The van der Waals surface area contributed by atoms with E-state index < -0.39 is 0 Å². The van der Waals surface area contributed by atoms with E-state index in [1.54, 1.807) is 0 Å². The largest absolute Gasteiger partial charge is 0.374 e. The van der Waals surface area contributed by atoms with Gasteiger partial charge in [-0.3, -0.25) is 10.2 Å². The van der Waals surface area contributed by atoms with Gasteiger partial charge in [-0.05, 0) is 24.0 Å². The summed E-state index contributed by atoms with van der Waals surface area (Å²) in [5.74, 6) is 4.89. The highest BCUT2D eigenvalue weighted by atomic mass is 16.5. The Balaban J connectivity index is 1.79. The summed E-state index contributed by atoms with van der Waals surface area (Å²) in [5, 5.41) is 0. The van der Waals surface area contributed by atoms with Gasteiger partial charge in [-0.1, -0.05) is 43.5 Å². The van der Waals surface area contributed by atoms with Crippen molar-refractivity contribution in [3.63, 3.8) is 0 Å². The van der Waals surface area contributed by atoms with Crippen LogP contribution in [0.1, 0.15) is 43.2 Å². The van der Waals surface area contributed by atoms with Gasteiger partial charge in [0.05, 0.1) is 19.1 Å². The number of amides is 1. The Kier molecular flexibility index (Phi) is 5.36. The fraction of sp³-hybridized carbons (Fsp3) is 0.533. The summed E-state index contributed by atoms with van der Waals surface area (Å²) >= 11 is 0. The van der Waals surface area contributed by atoms with Crippen molar-refractivity contribution in [1.29, 1.82) is 0 Å². The normalized spacial score (nSPS) is 16.3. The van der Waals surface area contributed by atoms with E-state index in [9.17, 15) is 4.79 Å². The molecule has 0 atom stereocenters. The summed E-state index contributed by atoms with van der Waals surface area (Å²) in [4.78, 5) is 11.1. The van der Waals surface area contributed by atoms with Gasteiger partial charge in [-0.15, -0.1) is 0 Å². The highest BCUT2D eigenvalue weighted by molar-refractivity contribution is 5.77. The minimum atomic E-state index is -0.175. The Bertz CT molecular complexity index is 397. The molecule has 4 nitrogen and oxygen atoms in total. The lowest BCUT2D eigenvalue weighted by Gasteiger charge is -2.22. The molecule has 3 N–H and O–H groups in total. The number of carbonyl (C=O) groups is 1. The van der Waals surface area contributed by atoms with Gasteiger partial charge in [0.2, 0.25) is 5.91 Å². The van der Waals surface area contributed by atoms with Gasteiger partial charge in [0.1, 0.15) is 0 Å². The molecule has 0 spiro atoms. The minimum Gasteiger partial charge on any atom is -0.374 e. The Labute approximate surface area is 114 Å². The van der Waals surface area contributed by atoms with Gasteiger partial charge in [-0.2, -0.15) is 0 Å². The maximum absolute atomic E-state index is 11.1. The van der Waals surface area contributed by atoms with E-state index in [0.717, 1.165) is 11.1 Å². The lowest BCUT2D eigenvalue weighted by atomic mass is 9.98. The van der Waals surface area contributed by atoms with Crippen molar-refractivity contribution in [2.24, 2.45) is 5.84 Å². The summed E-state index contributed by atoms with van der Waals surface area (Å²) in [5.41, 5.74) is 4.25. The van der Waals surface area contributed by atoms with Crippen molar-refractivity contribution < 1.29 is 9.53 Å². The van der Waals surface area contributed by atoms with Crippen LogP contribution in [-0.4, -0.2) is 12.0 Å². The maximum Gasteiger partial charge on any atom is 0.238 e. The first-order chi connectivity index (χ1) is 9.28. The van der Waals surface area contributed by atoms with Crippen LogP contribution in [0.25, 0.3) is 0 Å². The molecule has 0 radical (unpaired) electrons. The summed E-state index contributed by atoms with van der Waals surface area (Å²) in [6.07, 6.45) is 7.05. The first kappa shape index (κ1) is 14.0. The maximum atomic E-state index is 11.1. The van der Waals surface area contributed by atoms with Crippen LogP contribution in [0.2, 0.25) is 0 Å². The second-order valence-electron chi connectivity index (χ2n) is 5.13. The van der Waals surface area contributed by atoms with Crippen LogP contribution >= 0.6 is 0 Å². The smallest absolute Gasteiger partial charge is 0.238 e. The molecular formula is C15H22N2O2. The molecule has 0 aromatic heterocycles. The van der Waals surface area contributed by atoms with E-state index in [2.05, 4.69) is 5.43 Å². The van der Waals surface area contributed by atoms with Crippen molar-refractivity contribution in [2.45, 2.75) is 51.2 Å². The molecule has 0 heterocycles. The molecule has 1 aliphatic rings. The molecule has 1 saturated carbocycles. The van der Waals surface area contributed by atoms with Crippen LogP contribution in [-0.2, 0) is 22.6 Å². The molecule has 1 aliphatic carbocycles. The number of nitrogens with two attached hydrogens (primary N) is 1. The number of ether oxygens (including phenoxy) is 1. The molecule has 19 heavy (non-hydrogen) atoms. The molecule has 104 valence electrons. The predicted octanol–water partition coefficient (Wildman–Crippen LogP) is 2.07.